The van der Waals surface area contributed by atoms with E-state index in [0.29, 0.717) is 48.1 Å². The SMILES string of the molecule is C[C@@H]1COCCN1c1cc(N=S(C)(C)=O)c2c(CCC(F)(F)F)nn(-c3ccn[nH]3)c2n1. The fourth-order valence-corrected chi connectivity index (χ4v) is 4.26. The molecule has 9 nitrogen and oxygen atoms in total. The Bertz CT molecular complexity index is 1220. The number of alkyl halides is 3. The van der Waals surface area contributed by atoms with Crippen molar-refractivity contribution < 1.29 is 22.1 Å². The van der Waals surface area contributed by atoms with Gasteiger partial charge in [-0.25, -0.2) is 9.19 Å². The van der Waals surface area contributed by atoms with Crippen molar-refractivity contribution in [3.8, 4) is 5.82 Å². The normalized spacial score (nSPS) is 17.8. The fraction of sp³-hybridized carbons (Fsp3) is 0.526. The van der Waals surface area contributed by atoms with Gasteiger partial charge in [-0.05, 0) is 6.92 Å². The second-order valence-electron chi connectivity index (χ2n) is 8.00. The summed E-state index contributed by atoms with van der Waals surface area (Å²) < 4.78 is 62.8. The molecule has 0 aromatic carbocycles. The van der Waals surface area contributed by atoms with E-state index in [1.807, 2.05) is 11.8 Å². The standard InChI is InChI=1S/C19H24F3N7O2S/c1-12-11-31-9-8-28(12)16-10-14(27-32(2,3)30)17-13(4-6-19(20,21)22)26-29(18(17)24-16)15-5-7-23-25-15/h5,7,10,12H,4,6,8-9,11H2,1-3H3,(H,23,25)/t12-/m1/s1. The van der Waals surface area contributed by atoms with Gasteiger partial charge in [-0.3, -0.25) is 5.10 Å². The smallest absolute Gasteiger partial charge is 0.377 e. The maximum atomic E-state index is 13.0. The van der Waals surface area contributed by atoms with Crippen LogP contribution in [0.4, 0.5) is 24.7 Å². The van der Waals surface area contributed by atoms with Crippen LogP contribution in [-0.4, -0.2) is 73.7 Å². The number of fused-ring (bicyclic) bond motifs is 1. The monoisotopic (exact) mass is 471 g/mol. The van der Waals surface area contributed by atoms with E-state index >= 15 is 0 Å². The lowest BCUT2D eigenvalue weighted by atomic mass is 10.1. The van der Waals surface area contributed by atoms with Gasteiger partial charge in [0.25, 0.3) is 0 Å². The molecule has 0 spiro atoms. The zero-order valence-electron chi connectivity index (χ0n) is 17.9. The summed E-state index contributed by atoms with van der Waals surface area (Å²) in [6, 6.07) is 3.35. The van der Waals surface area contributed by atoms with E-state index in [0.717, 1.165) is 0 Å². The average molecular weight is 472 g/mol. The number of morpholine rings is 1. The Labute approximate surface area is 183 Å². The molecule has 1 aliphatic rings. The van der Waals surface area contributed by atoms with Crippen LogP contribution in [0.15, 0.2) is 22.7 Å². The predicted molar refractivity (Wildman–Crippen MR) is 115 cm³/mol. The summed E-state index contributed by atoms with van der Waals surface area (Å²) in [5, 5.41) is 11.5. The van der Waals surface area contributed by atoms with Gasteiger partial charge in [0.15, 0.2) is 11.5 Å². The average Bonchev–Trinajstić information content (AvgIpc) is 3.32. The number of nitrogens with zero attached hydrogens (tertiary/aromatic N) is 6. The first-order valence-electron chi connectivity index (χ1n) is 10.0. The zero-order chi connectivity index (χ0) is 23.1. The topological polar surface area (TPSA) is 101 Å². The van der Waals surface area contributed by atoms with Gasteiger partial charge in [-0.15, -0.1) is 0 Å². The third-order valence-electron chi connectivity index (χ3n) is 5.02. The molecule has 4 rings (SSSR count). The molecule has 13 heteroatoms. The van der Waals surface area contributed by atoms with Crippen LogP contribution >= 0.6 is 0 Å². The molecule has 0 radical (unpaired) electrons. The van der Waals surface area contributed by atoms with Crippen molar-refractivity contribution in [2.45, 2.75) is 32.0 Å². The maximum absolute atomic E-state index is 13.0. The number of aromatic nitrogens is 5. The number of aryl methyl sites for hydroxylation is 1. The highest BCUT2D eigenvalue weighted by Gasteiger charge is 2.30. The molecular weight excluding hydrogens is 447 g/mol. The first-order valence-corrected chi connectivity index (χ1v) is 12.4. The van der Waals surface area contributed by atoms with Crippen LogP contribution in [0.25, 0.3) is 16.9 Å². The fourth-order valence-electron chi connectivity index (χ4n) is 3.65. The molecule has 0 unspecified atom stereocenters. The lowest BCUT2D eigenvalue weighted by molar-refractivity contribution is -0.134. The molecule has 1 N–H and O–H groups in total. The van der Waals surface area contributed by atoms with E-state index in [9.17, 15) is 17.4 Å². The van der Waals surface area contributed by atoms with E-state index in [1.165, 1.54) is 23.4 Å². The van der Waals surface area contributed by atoms with Crippen molar-refractivity contribution in [3.63, 3.8) is 0 Å². The van der Waals surface area contributed by atoms with E-state index in [-0.39, 0.29) is 18.2 Å². The van der Waals surface area contributed by atoms with Crippen LogP contribution in [-0.2, 0) is 20.9 Å². The first-order chi connectivity index (χ1) is 15.0. The maximum Gasteiger partial charge on any atom is 0.389 e. The molecule has 0 saturated carbocycles. The van der Waals surface area contributed by atoms with Gasteiger partial charge in [0.2, 0.25) is 0 Å². The highest BCUT2D eigenvalue weighted by molar-refractivity contribution is 7.92. The Morgan fingerprint density at radius 2 is 2.16 bits per heavy atom. The predicted octanol–water partition coefficient (Wildman–Crippen LogP) is 3.22. The number of rotatable bonds is 5. The van der Waals surface area contributed by atoms with E-state index in [1.54, 1.807) is 12.1 Å². The number of anilines is 1. The van der Waals surface area contributed by atoms with Gasteiger partial charge >= 0.3 is 6.18 Å². The quantitative estimate of drug-likeness (QED) is 0.613. The summed E-state index contributed by atoms with van der Waals surface area (Å²) in [5.74, 6) is 1.02. The number of ether oxygens (including phenoxy) is 1. The number of nitrogens with one attached hydrogen (secondary N) is 1. The summed E-state index contributed by atoms with van der Waals surface area (Å²) >= 11 is 0. The summed E-state index contributed by atoms with van der Waals surface area (Å²) in [4.78, 5) is 6.79. The molecule has 3 aromatic heterocycles. The molecule has 32 heavy (non-hydrogen) atoms. The van der Waals surface area contributed by atoms with Gasteiger partial charge in [-0.2, -0.15) is 32.4 Å². The molecule has 0 aliphatic carbocycles. The van der Waals surface area contributed by atoms with Crippen molar-refractivity contribution in [2.75, 3.05) is 37.2 Å². The molecule has 1 atom stereocenters. The van der Waals surface area contributed by atoms with Crippen molar-refractivity contribution in [2.24, 2.45) is 4.36 Å². The first kappa shape index (κ1) is 22.5. The van der Waals surface area contributed by atoms with Crippen LogP contribution in [0.2, 0.25) is 0 Å². The van der Waals surface area contributed by atoms with Gasteiger partial charge in [0.05, 0.1) is 42.2 Å². The summed E-state index contributed by atoms with van der Waals surface area (Å²) in [7, 11) is -2.61. The molecule has 4 heterocycles. The summed E-state index contributed by atoms with van der Waals surface area (Å²) in [6.07, 6.45) is -1.27. The molecule has 0 amide bonds. The second-order valence-corrected chi connectivity index (χ2v) is 10.5. The number of pyridine rings is 1. The highest BCUT2D eigenvalue weighted by atomic mass is 32.2. The number of hydrogen-bond acceptors (Lipinski definition) is 7. The van der Waals surface area contributed by atoms with Crippen molar-refractivity contribution in [1.29, 1.82) is 0 Å². The molecule has 1 fully saturated rings. The third-order valence-corrected chi connectivity index (χ3v) is 5.65. The van der Waals surface area contributed by atoms with Gasteiger partial charge in [-0.1, -0.05) is 0 Å². The Morgan fingerprint density at radius 3 is 2.78 bits per heavy atom. The molecule has 0 bridgehead atoms. The minimum absolute atomic E-state index is 0.0300. The van der Waals surface area contributed by atoms with E-state index < -0.39 is 22.3 Å². The summed E-state index contributed by atoms with van der Waals surface area (Å²) in [5.41, 5.74) is 0.815. The number of hydrogen-bond donors (Lipinski definition) is 1. The molecular formula is C19H24F3N7O2S. The lowest BCUT2D eigenvalue weighted by Gasteiger charge is -2.34. The molecule has 1 saturated heterocycles. The van der Waals surface area contributed by atoms with Gasteiger partial charge < -0.3 is 9.64 Å². The number of H-pyrrole nitrogens is 1. The number of halogens is 3. The highest BCUT2D eigenvalue weighted by Crippen LogP contribution is 2.36. The minimum atomic E-state index is -4.35. The summed E-state index contributed by atoms with van der Waals surface area (Å²) in [6.45, 7) is 3.62. The Balaban J connectivity index is 1.98. The van der Waals surface area contributed by atoms with Gasteiger partial charge in [0.1, 0.15) is 5.82 Å². The number of aromatic amines is 1. The van der Waals surface area contributed by atoms with Gasteiger partial charge in [0, 0.05) is 53.8 Å². The Kier molecular flexibility index (Phi) is 5.88. The molecule has 3 aromatic rings. The Hall–Kier alpha value is -2.67. The van der Waals surface area contributed by atoms with Crippen LogP contribution < -0.4 is 4.90 Å². The van der Waals surface area contributed by atoms with Crippen molar-refractivity contribution in [3.05, 3.63) is 24.0 Å². The third kappa shape index (κ3) is 4.88. The lowest BCUT2D eigenvalue weighted by Crippen LogP contribution is -2.44. The van der Waals surface area contributed by atoms with Crippen LogP contribution in [0, 0.1) is 0 Å². The van der Waals surface area contributed by atoms with Crippen molar-refractivity contribution >= 4 is 32.3 Å². The second kappa shape index (κ2) is 8.35. The van der Waals surface area contributed by atoms with Crippen LogP contribution in [0.5, 0.6) is 0 Å². The largest absolute Gasteiger partial charge is 0.389 e. The Morgan fingerprint density at radius 1 is 1.38 bits per heavy atom. The van der Waals surface area contributed by atoms with Crippen LogP contribution in [0.3, 0.4) is 0 Å². The minimum Gasteiger partial charge on any atom is -0.377 e. The van der Waals surface area contributed by atoms with E-state index in [4.69, 9.17) is 9.72 Å². The molecule has 174 valence electrons. The van der Waals surface area contributed by atoms with E-state index in [2.05, 4.69) is 19.7 Å². The zero-order valence-corrected chi connectivity index (χ0v) is 18.7. The molecule has 1 aliphatic heterocycles. The van der Waals surface area contributed by atoms with Crippen molar-refractivity contribution in [1.82, 2.24) is 25.0 Å². The van der Waals surface area contributed by atoms with Crippen LogP contribution in [0.1, 0.15) is 19.0 Å².